The van der Waals surface area contributed by atoms with E-state index in [0.29, 0.717) is 6.42 Å². The fourth-order valence-electron chi connectivity index (χ4n) is 5.51. The Morgan fingerprint density at radius 3 is 2.07 bits per heavy atom. The average Bonchev–Trinajstić information content (AvgIpc) is 3.41. The standard InChI is InChI=1S/C35H42N4O3S/c1-4-20-39-34(29-14-18-31(42-3)19-15-29)33(28-12-16-30(41-2)17-13-28)36-35(39)43-25-8-11-32(40)38-23-21-37(22-24-38)26-27-9-6-5-7-10-27/h5-7,9-10,12-19H,4,8,11,20-26H2,1-3H3. The topological polar surface area (TPSA) is 59.8 Å². The Kier molecular flexibility index (Phi) is 10.8. The van der Waals surface area contributed by atoms with Gasteiger partial charge in [0.25, 0.3) is 0 Å². The normalized spacial score (nSPS) is 13.7. The maximum atomic E-state index is 13.0. The number of carbonyl (C=O) groups is 1. The van der Waals surface area contributed by atoms with Crippen LogP contribution in [0.25, 0.3) is 22.5 Å². The molecule has 0 bridgehead atoms. The number of hydrogen-bond acceptors (Lipinski definition) is 6. The number of imidazole rings is 1. The van der Waals surface area contributed by atoms with E-state index in [2.05, 4.69) is 71.0 Å². The van der Waals surface area contributed by atoms with Crippen LogP contribution in [0.2, 0.25) is 0 Å². The third-order valence-electron chi connectivity index (χ3n) is 7.85. The van der Waals surface area contributed by atoms with Gasteiger partial charge < -0.3 is 18.9 Å². The van der Waals surface area contributed by atoms with Crippen molar-refractivity contribution < 1.29 is 14.3 Å². The van der Waals surface area contributed by atoms with E-state index in [1.54, 1.807) is 26.0 Å². The first-order valence-corrected chi connectivity index (χ1v) is 16.1. The van der Waals surface area contributed by atoms with Gasteiger partial charge in [0.1, 0.15) is 11.5 Å². The molecular weight excluding hydrogens is 556 g/mol. The molecule has 1 saturated heterocycles. The molecule has 0 saturated carbocycles. The lowest BCUT2D eigenvalue weighted by Crippen LogP contribution is -2.48. The van der Waals surface area contributed by atoms with Gasteiger partial charge in [0.15, 0.2) is 5.16 Å². The number of methoxy groups -OCH3 is 2. The molecule has 0 radical (unpaired) electrons. The minimum absolute atomic E-state index is 0.259. The molecule has 0 aliphatic carbocycles. The maximum absolute atomic E-state index is 13.0. The van der Waals surface area contributed by atoms with Gasteiger partial charge in [-0.05, 0) is 66.9 Å². The summed E-state index contributed by atoms with van der Waals surface area (Å²) >= 11 is 1.74. The molecule has 5 rings (SSSR count). The summed E-state index contributed by atoms with van der Waals surface area (Å²) in [4.78, 5) is 22.7. The van der Waals surface area contributed by atoms with Crippen LogP contribution < -0.4 is 9.47 Å². The van der Waals surface area contributed by atoms with Crippen molar-refractivity contribution >= 4 is 17.7 Å². The molecule has 0 unspecified atom stereocenters. The zero-order chi connectivity index (χ0) is 30.0. The first-order chi connectivity index (χ1) is 21.1. The number of thioether (sulfide) groups is 1. The second kappa shape index (κ2) is 15.1. The van der Waals surface area contributed by atoms with Gasteiger partial charge in [-0.1, -0.05) is 49.0 Å². The second-order valence-electron chi connectivity index (χ2n) is 10.8. The third kappa shape index (κ3) is 7.80. The summed E-state index contributed by atoms with van der Waals surface area (Å²) in [5, 5.41) is 0.987. The highest BCUT2D eigenvalue weighted by Gasteiger charge is 2.22. The minimum Gasteiger partial charge on any atom is -0.497 e. The van der Waals surface area contributed by atoms with Crippen molar-refractivity contribution in [2.75, 3.05) is 46.2 Å². The van der Waals surface area contributed by atoms with Gasteiger partial charge in [0, 0.05) is 62.6 Å². The SMILES string of the molecule is CCCn1c(SCCCC(=O)N2CCN(Cc3ccccc3)CC2)nc(-c2ccc(OC)cc2)c1-c1ccc(OC)cc1. The van der Waals surface area contributed by atoms with Crippen molar-refractivity contribution in [3.8, 4) is 34.0 Å². The van der Waals surface area contributed by atoms with Crippen molar-refractivity contribution in [1.29, 1.82) is 0 Å². The minimum atomic E-state index is 0.259. The number of ether oxygens (including phenoxy) is 2. The number of piperazine rings is 1. The summed E-state index contributed by atoms with van der Waals surface area (Å²) < 4.78 is 13.1. The van der Waals surface area contributed by atoms with E-state index in [0.717, 1.165) is 97.0 Å². The van der Waals surface area contributed by atoms with Gasteiger partial charge in [0.05, 0.1) is 25.6 Å². The Hall–Kier alpha value is -3.75. The van der Waals surface area contributed by atoms with Crippen LogP contribution in [0, 0.1) is 0 Å². The summed E-state index contributed by atoms with van der Waals surface area (Å²) in [5.74, 6) is 2.74. The summed E-state index contributed by atoms with van der Waals surface area (Å²) in [5.41, 5.74) is 5.52. The molecule has 43 heavy (non-hydrogen) atoms. The van der Waals surface area contributed by atoms with E-state index in [9.17, 15) is 4.79 Å². The lowest BCUT2D eigenvalue weighted by molar-refractivity contribution is -0.133. The highest BCUT2D eigenvalue weighted by atomic mass is 32.2. The smallest absolute Gasteiger partial charge is 0.222 e. The zero-order valence-corrected chi connectivity index (χ0v) is 26.3. The molecule has 1 fully saturated rings. The van der Waals surface area contributed by atoms with Gasteiger partial charge >= 0.3 is 0 Å². The third-order valence-corrected chi connectivity index (χ3v) is 8.91. The average molecular weight is 599 g/mol. The highest BCUT2D eigenvalue weighted by molar-refractivity contribution is 7.99. The predicted molar refractivity (Wildman–Crippen MR) is 175 cm³/mol. The second-order valence-corrected chi connectivity index (χ2v) is 11.9. The van der Waals surface area contributed by atoms with Crippen molar-refractivity contribution in [2.24, 2.45) is 0 Å². The van der Waals surface area contributed by atoms with Crippen LogP contribution in [0.3, 0.4) is 0 Å². The number of amides is 1. The van der Waals surface area contributed by atoms with E-state index < -0.39 is 0 Å². The van der Waals surface area contributed by atoms with E-state index in [4.69, 9.17) is 14.5 Å². The molecule has 1 amide bonds. The Morgan fingerprint density at radius 2 is 1.47 bits per heavy atom. The fourth-order valence-corrected chi connectivity index (χ4v) is 6.47. The molecule has 1 aliphatic heterocycles. The van der Waals surface area contributed by atoms with Gasteiger partial charge in [-0.15, -0.1) is 0 Å². The highest BCUT2D eigenvalue weighted by Crippen LogP contribution is 2.37. The summed E-state index contributed by atoms with van der Waals surface area (Å²) in [7, 11) is 3.36. The molecule has 0 N–H and O–H groups in total. The number of carbonyl (C=O) groups excluding carboxylic acids is 1. The van der Waals surface area contributed by atoms with Crippen molar-refractivity contribution in [1.82, 2.24) is 19.4 Å². The molecule has 226 valence electrons. The van der Waals surface area contributed by atoms with Crippen LogP contribution >= 0.6 is 11.8 Å². The number of aromatic nitrogens is 2. The van der Waals surface area contributed by atoms with Crippen molar-refractivity contribution in [2.45, 2.75) is 44.4 Å². The van der Waals surface area contributed by atoms with Crippen LogP contribution in [-0.4, -0.2) is 71.4 Å². The molecule has 1 aromatic heterocycles. The van der Waals surface area contributed by atoms with Gasteiger partial charge in [-0.2, -0.15) is 0 Å². The van der Waals surface area contributed by atoms with Crippen LogP contribution in [0.1, 0.15) is 31.7 Å². The first kappa shape index (κ1) is 30.7. The Labute approximate surface area is 259 Å². The largest absolute Gasteiger partial charge is 0.497 e. The Balaban J connectivity index is 1.24. The molecule has 4 aromatic rings. The molecule has 8 heteroatoms. The summed E-state index contributed by atoms with van der Waals surface area (Å²) in [6.07, 6.45) is 2.38. The van der Waals surface area contributed by atoms with E-state index in [-0.39, 0.29) is 5.91 Å². The fraction of sp³-hybridized carbons (Fsp3) is 0.371. The molecule has 0 atom stereocenters. The molecule has 7 nitrogen and oxygen atoms in total. The number of benzene rings is 3. The summed E-state index contributed by atoms with van der Waals surface area (Å²) in [6.45, 7) is 7.45. The van der Waals surface area contributed by atoms with Crippen LogP contribution in [0.4, 0.5) is 0 Å². The maximum Gasteiger partial charge on any atom is 0.222 e. The Morgan fingerprint density at radius 1 is 0.837 bits per heavy atom. The predicted octanol–water partition coefficient (Wildman–Crippen LogP) is 6.86. The number of hydrogen-bond donors (Lipinski definition) is 0. The van der Waals surface area contributed by atoms with Gasteiger partial charge in [0.2, 0.25) is 5.91 Å². The van der Waals surface area contributed by atoms with Crippen LogP contribution in [-0.2, 0) is 17.9 Å². The van der Waals surface area contributed by atoms with E-state index in [1.807, 2.05) is 29.2 Å². The van der Waals surface area contributed by atoms with Crippen LogP contribution in [0.15, 0.2) is 84.0 Å². The molecule has 0 spiro atoms. The molecular formula is C35H42N4O3S. The zero-order valence-electron chi connectivity index (χ0n) is 25.5. The monoisotopic (exact) mass is 598 g/mol. The molecule has 1 aliphatic rings. The molecule has 3 aromatic carbocycles. The van der Waals surface area contributed by atoms with Crippen LogP contribution in [0.5, 0.6) is 11.5 Å². The number of rotatable bonds is 13. The Bertz CT molecular complexity index is 1450. The lowest BCUT2D eigenvalue weighted by atomic mass is 10.0. The van der Waals surface area contributed by atoms with Gasteiger partial charge in [-0.3, -0.25) is 9.69 Å². The van der Waals surface area contributed by atoms with E-state index in [1.165, 1.54) is 5.56 Å². The lowest BCUT2D eigenvalue weighted by Gasteiger charge is -2.34. The summed E-state index contributed by atoms with van der Waals surface area (Å²) in [6, 6.07) is 26.8. The van der Waals surface area contributed by atoms with E-state index >= 15 is 0 Å². The first-order valence-electron chi connectivity index (χ1n) is 15.2. The van der Waals surface area contributed by atoms with Gasteiger partial charge in [-0.25, -0.2) is 4.98 Å². The quantitative estimate of drug-likeness (QED) is 0.124. The van der Waals surface area contributed by atoms with Crippen molar-refractivity contribution in [3.63, 3.8) is 0 Å². The number of nitrogens with zero attached hydrogens (tertiary/aromatic N) is 4. The van der Waals surface area contributed by atoms with Crippen molar-refractivity contribution in [3.05, 3.63) is 84.4 Å². The molecule has 2 heterocycles.